The average molecular weight is 566 g/mol. The van der Waals surface area contributed by atoms with E-state index in [2.05, 4.69) is 17.1 Å². The number of rotatable bonds is 9. The molecule has 2 aliphatic rings. The number of halogens is 2. The SMILES string of the molecule is CCNC(=NCCSCc1ccccc1F)N1CCC(OCC2CCCCO2)CC1.I. The first kappa shape index (κ1) is 26.7. The molecule has 8 heteroatoms. The number of nitrogens with zero attached hydrogens (tertiary/aromatic N) is 2. The zero-order valence-electron chi connectivity index (χ0n) is 18.6. The first-order valence-corrected chi connectivity index (χ1v) is 12.5. The Morgan fingerprint density at radius 3 is 2.77 bits per heavy atom. The lowest BCUT2D eigenvalue weighted by Crippen LogP contribution is -2.47. The molecule has 31 heavy (non-hydrogen) atoms. The Labute approximate surface area is 207 Å². The smallest absolute Gasteiger partial charge is 0.193 e. The Hall–Kier alpha value is -0.580. The van der Waals surface area contributed by atoms with Crippen molar-refractivity contribution in [2.75, 3.05) is 45.1 Å². The van der Waals surface area contributed by atoms with Gasteiger partial charge in [-0.15, -0.1) is 24.0 Å². The van der Waals surface area contributed by atoms with Crippen LogP contribution in [-0.2, 0) is 15.2 Å². The molecule has 0 bridgehead atoms. The van der Waals surface area contributed by atoms with E-state index in [0.29, 0.717) is 11.9 Å². The maximum Gasteiger partial charge on any atom is 0.193 e. The van der Waals surface area contributed by atoms with Crippen LogP contribution in [0.25, 0.3) is 0 Å². The van der Waals surface area contributed by atoms with Gasteiger partial charge in [0.05, 0.1) is 25.4 Å². The van der Waals surface area contributed by atoms with Gasteiger partial charge >= 0.3 is 0 Å². The van der Waals surface area contributed by atoms with Crippen LogP contribution in [0.3, 0.4) is 0 Å². The molecule has 3 rings (SSSR count). The van der Waals surface area contributed by atoms with Crippen molar-refractivity contribution >= 4 is 41.7 Å². The average Bonchev–Trinajstić information content (AvgIpc) is 2.79. The van der Waals surface area contributed by atoms with Crippen LogP contribution >= 0.6 is 35.7 Å². The van der Waals surface area contributed by atoms with Gasteiger partial charge in [0.15, 0.2) is 5.96 Å². The molecule has 1 aromatic carbocycles. The highest BCUT2D eigenvalue weighted by molar-refractivity contribution is 14.0. The Morgan fingerprint density at radius 1 is 1.26 bits per heavy atom. The summed E-state index contributed by atoms with van der Waals surface area (Å²) in [5, 5.41) is 3.41. The van der Waals surface area contributed by atoms with Crippen molar-refractivity contribution in [2.45, 2.75) is 57.0 Å². The van der Waals surface area contributed by atoms with Gasteiger partial charge in [-0.05, 0) is 50.7 Å². The number of aliphatic imine (C=N–C) groups is 1. The Morgan fingerprint density at radius 2 is 2.06 bits per heavy atom. The van der Waals surface area contributed by atoms with Gasteiger partial charge in [-0.25, -0.2) is 4.39 Å². The summed E-state index contributed by atoms with van der Waals surface area (Å²) in [7, 11) is 0. The van der Waals surface area contributed by atoms with E-state index in [1.165, 1.54) is 18.9 Å². The number of nitrogens with one attached hydrogen (secondary N) is 1. The van der Waals surface area contributed by atoms with E-state index in [4.69, 9.17) is 14.5 Å². The second-order valence-corrected chi connectivity index (χ2v) is 8.99. The summed E-state index contributed by atoms with van der Waals surface area (Å²) < 4.78 is 25.6. The van der Waals surface area contributed by atoms with E-state index in [0.717, 1.165) is 75.9 Å². The summed E-state index contributed by atoms with van der Waals surface area (Å²) in [4.78, 5) is 7.13. The quantitative estimate of drug-likeness (QED) is 0.204. The van der Waals surface area contributed by atoms with Crippen molar-refractivity contribution in [3.63, 3.8) is 0 Å². The largest absolute Gasteiger partial charge is 0.376 e. The van der Waals surface area contributed by atoms with Gasteiger partial charge in [0.1, 0.15) is 5.82 Å². The minimum atomic E-state index is -0.123. The number of likely N-dealkylation sites (tertiary alicyclic amines) is 1. The zero-order valence-corrected chi connectivity index (χ0v) is 21.7. The second-order valence-electron chi connectivity index (χ2n) is 7.89. The Kier molecular flexibility index (Phi) is 13.2. The minimum Gasteiger partial charge on any atom is -0.376 e. The summed E-state index contributed by atoms with van der Waals surface area (Å²) in [6, 6.07) is 6.99. The predicted molar refractivity (Wildman–Crippen MR) is 138 cm³/mol. The van der Waals surface area contributed by atoms with Gasteiger partial charge < -0.3 is 19.7 Å². The maximum absolute atomic E-state index is 13.7. The second kappa shape index (κ2) is 15.3. The van der Waals surface area contributed by atoms with Gasteiger partial charge in [-0.2, -0.15) is 11.8 Å². The molecule has 2 aliphatic heterocycles. The van der Waals surface area contributed by atoms with Crippen molar-refractivity contribution in [1.29, 1.82) is 0 Å². The summed E-state index contributed by atoms with van der Waals surface area (Å²) in [5.41, 5.74) is 0.763. The van der Waals surface area contributed by atoms with E-state index in [9.17, 15) is 4.39 Å². The highest BCUT2D eigenvalue weighted by Crippen LogP contribution is 2.18. The van der Waals surface area contributed by atoms with Crippen molar-refractivity contribution in [3.05, 3.63) is 35.6 Å². The molecule has 0 aliphatic carbocycles. The number of benzene rings is 1. The number of guanidine groups is 1. The van der Waals surface area contributed by atoms with E-state index in [1.54, 1.807) is 17.8 Å². The molecule has 5 nitrogen and oxygen atoms in total. The molecule has 0 saturated carbocycles. The first-order chi connectivity index (χ1) is 14.8. The fourth-order valence-electron chi connectivity index (χ4n) is 3.86. The van der Waals surface area contributed by atoms with Crippen molar-refractivity contribution in [2.24, 2.45) is 4.99 Å². The number of hydrogen-bond acceptors (Lipinski definition) is 4. The molecule has 1 N–H and O–H groups in total. The summed E-state index contributed by atoms with van der Waals surface area (Å²) in [5.74, 6) is 2.43. The molecule has 0 spiro atoms. The topological polar surface area (TPSA) is 46.1 Å². The third kappa shape index (κ3) is 9.43. The highest BCUT2D eigenvalue weighted by atomic mass is 127. The van der Waals surface area contributed by atoms with Gasteiger partial charge in [0.2, 0.25) is 0 Å². The molecule has 2 heterocycles. The molecule has 2 saturated heterocycles. The lowest BCUT2D eigenvalue weighted by Gasteiger charge is -2.35. The molecule has 0 aromatic heterocycles. The lowest BCUT2D eigenvalue weighted by molar-refractivity contribution is -0.0721. The molecule has 1 atom stereocenters. The van der Waals surface area contributed by atoms with Crippen molar-refractivity contribution in [1.82, 2.24) is 10.2 Å². The van der Waals surface area contributed by atoms with Gasteiger partial charge in [-0.3, -0.25) is 4.99 Å². The first-order valence-electron chi connectivity index (χ1n) is 11.3. The Bertz CT molecular complexity index is 653. The summed E-state index contributed by atoms with van der Waals surface area (Å²) in [6.45, 7) is 7.23. The zero-order chi connectivity index (χ0) is 21.0. The van der Waals surface area contributed by atoms with Crippen molar-refractivity contribution < 1.29 is 13.9 Å². The third-order valence-corrected chi connectivity index (χ3v) is 6.57. The van der Waals surface area contributed by atoms with Crippen LogP contribution in [0.1, 0.15) is 44.6 Å². The molecule has 176 valence electrons. The molecule has 1 aromatic rings. The molecular weight excluding hydrogens is 528 g/mol. The van der Waals surface area contributed by atoms with Crippen LogP contribution in [-0.4, -0.2) is 68.2 Å². The van der Waals surface area contributed by atoms with E-state index >= 15 is 0 Å². The highest BCUT2D eigenvalue weighted by Gasteiger charge is 2.23. The molecule has 2 fully saturated rings. The van der Waals surface area contributed by atoms with E-state index in [-0.39, 0.29) is 35.9 Å². The third-order valence-electron chi connectivity index (χ3n) is 5.58. The predicted octanol–water partition coefficient (Wildman–Crippen LogP) is 4.69. The van der Waals surface area contributed by atoms with Crippen LogP contribution in [0.5, 0.6) is 0 Å². The monoisotopic (exact) mass is 565 g/mol. The maximum atomic E-state index is 13.7. The van der Waals surface area contributed by atoms with Crippen LogP contribution in [0.15, 0.2) is 29.3 Å². The normalized spacial score (nSPS) is 20.4. The van der Waals surface area contributed by atoms with Gasteiger partial charge in [0, 0.05) is 37.7 Å². The molecule has 1 unspecified atom stereocenters. The minimum absolute atomic E-state index is 0. The summed E-state index contributed by atoms with van der Waals surface area (Å²) in [6.07, 6.45) is 6.24. The van der Waals surface area contributed by atoms with Crippen molar-refractivity contribution in [3.8, 4) is 0 Å². The lowest BCUT2D eigenvalue weighted by atomic mass is 10.1. The molecule has 0 amide bonds. The summed E-state index contributed by atoms with van der Waals surface area (Å²) >= 11 is 1.72. The van der Waals surface area contributed by atoms with E-state index in [1.807, 2.05) is 12.1 Å². The number of thioether (sulfide) groups is 1. The fraction of sp³-hybridized carbons (Fsp3) is 0.696. The van der Waals surface area contributed by atoms with Gasteiger partial charge in [-0.1, -0.05) is 18.2 Å². The van der Waals surface area contributed by atoms with Crippen LogP contribution < -0.4 is 5.32 Å². The molecular formula is C23H37FIN3O2S. The standard InChI is InChI=1S/C23H36FN3O2S.HI/c1-2-25-23(26-12-16-30-18-19-7-3-4-9-22(19)24)27-13-10-20(11-14-27)29-17-21-8-5-6-15-28-21;/h3-4,7,9,20-21H,2,5-6,8,10-18H2,1H3,(H,25,26);1H. The van der Waals surface area contributed by atoms with Crippen LogP contribution in [0, 0.1) is 5.82 Å². The number of ether oxygens (including phenoxy) is 2. The number of piperidine rings is 1. The van der Waals surface area contributed by atoms with Crippen LogP contribution in [0.4, 0.5) is 4.39 Å². The molecule has 0 radical (unpaired) electrons. The van der Waals surface area contributed by atoms with E-state index < -0.39 is 0 Å². The fourth-order valence-corrected chi connectivity index (χ4v) is 4.67. The Balaban J connectivity index is 0.00000341. The number of hydrogen-bond donors (Lipinski definition) is 1. The van der Waals surface area contributed by atoms with Crippen LogP contribution in [0.2, 0.25) is 0 Å². The van der Waals surface area contributed by atoms with Gasteiger partial charge in [0.25, 0.3) is 0 Å².